The van der Waals surface area contributed by atoms with Crippen molar-refractivity contribution in [1.82, 2.24) is 5.32 Å². The van der Waals surface area contributed by atoms with E-state index in [0.29, 0.717) is 11.3 Å². The number of amides is 1. The van der Waals surface area contributed by atoms with E-state index in [9.17, 15) is 14.7 Å². The number of carboxylic acid groups (broad SMARTS) is 1. The number of ether oxygens (including phenoxy) is 1. The van der Waals surface area contributed by atoms with Gasteiger partial charge in [-0.15, -0.1) is 0 Å². The van der Waals surface area contributed by atoms with E-state index in [2.05, 4.69) is 5.32 Å². The van der Waals surface area contributed by atoms with Gasteiger partial charge in [-0.3, -0.25) is 4.79 Å². The summed E-state index contributed by atoms with van der Waals surface area (Å²) in [6, 6.07) is 6.32. The van der Waals surface area contributed by atoms with Gasteiger partial charge in [-0.25, -0.2) is 4.79 Å². The molecule has 1 amide bonds. The second-order valence-corrected chi connectivity index (χ2v) is 3.99. The van der Waals surface area contributed by atoms with Crippen LogP contribution in [0.3, 0.4) is 0 Å². The summed E-state index contributed by atoms with van der Waals surface area (Å²) < 4.78 is 4.95. The predicted octanol–water partition coefficient (Wildman–Crippen LogP) is 0.261. The van der Waals surface area contributed by atoms with Crippen LogP contribution in [0.5, 0.6) is 5.75 Å². The van der Waals surface area contributed by atoms with Gasteiger partial charge in [-0.2, -0.15) is 0 Å². The molecule has 0 saturated heterocycles. The summed E-state index contributed by atoms with van der Waals surface area (Å²) in [5.41, 5.74) is -1.63. The molecule has 3 N–H and O–H groups in total. The van der Waals surface area contributed by atoms with Gasteiger partial charge in [0, 0.05) is 5.56 Å². The van der Waals surface area contributed by atoms with Gasteiger partial charge in [0.05, 0.1) is 13.7 Å². The molecule has 0 aliphatic carbocycles. The highest BCUT2D eigenvalue weighted by Crippen LogP contribution is 2.11. The largest absolute Gasteiger partial charge is 0.497 e. The average molecular weight is 253 g/mol. The monoisotopic (exact) mass is 253 g/mol. The van der Waals surface area contributed by atoms with Crippen LogP contribution in [0.4, 0.5) is 0 Å². The van der Waals surface area contributed by atoms with Crippen molar-refractivity contribution >= 4 is 11.9 Å². The topological polar surface area (TPSA) is 95.9 Å². The van der Waals surface area contributed by atoms with E-state index in [1.54, 1.807) is 24.3 Å². The summed E-state index contributed by atoms with van der Waals surface area (Å²) in [7, 11) is 1.51. The molecule has 0 aliphatic rings. The Morgan fingerprint density at radius 2 is 1.89 bits per heavy atom. The first-order valence-electron chi connectivity index (χ1n) is 5.25. The van der Waals surface area contributed by atoms with E-state index in [4.69, 9.17) is 9.84 Å². The minimum absolute atomic E-state index is 0.358. The first-order chi connectivity index (χ1) is 8.36. The number of methoxy groups -OCH3 is 1. The quantitative estimate of drug-likeness (QED) is 0.699. The molecule has 0 saturated carbocycles. The molecule has 0 spiro atoms. The van der Waals surface area contributed by atoms with E-state index in [1.807, 2.05) is 0 Å². The van der Waals surface area contributed by atoms with Crippen LogP contribution < -0.4 is 10.1 Å². The fraction of sp³-hybridized carbons (Fsp3) is 0.333. The number of carboxylic acids is 1. The summed E-state index contributed by atoms with van der Waals surface area (Å²) >= 11 is 0. The maximum Gasteiger partial charge on any atom is 0.337 e. The molecular formula is C12H15NO5. The molecule has 0 heterocycles. The summed E-state index contributed by atoms with van der Waals surface area (Å²) in [4.78, 5) is 22.3. The molecule has 0 radical (unpaired) electrons. The summed E-state index contributed by atoms with van der Waals surface area (Å²) in [5.74, 6) is -1.24. The minimum Gasteiger partial charge on any atom is -0.497 e. The first-order valence-corrected chi connectivity index (χ1v) is 5.25. The Kier molecular flexibility index (Phi) is 4.28. The maximum atomic E-state index is 11.7. The van der Waals surface area contributed by atoms with Crippen LogP contribution in [-0.4, -0.2) is 41.3 Å². The van der Waals surface area contributed by atoms with Crippen LogP contribution in [0.1, 0.15) is 17.3 Å². The van der Waals surface area contributed by atoms with Gasteiger partial charge in [-0.1, -0.05) is 0 Å². The van der Waals surface area contributed by atoms with Crippen molar-refractivity contribution in [2.75, 3.05) is 13.7 Å². The molecule has 1 atom stereocenters. The molecule has 0 aliphatic heterocycles. The number of aliphatic hydroxyl groups is 1. The third kappa shape index (κ3) is 3.46. The normalized spacial score (nSPS) is 13.5. The van der Waals surface area contributed by atoms with Crippen LogP contribution in [0.15, 0.2) is 24.3 Å². The molecule has 1 aromatic rings. The van der Waals surface area contributed by atoms with Gasteiger partial charge in [0.15, 0.2) is 5.60 Å². The van der Waals surface area contributed by atoms with E-state index >= 15 is 0 Å². The number of aliphatic carboxylic acids is 1. The molecule has 6 nitrogen and oxygen atoms in total. The van der Waals surface area contributed by atoms with Crippen LogP contribution in [0, 0.1) is 0 Å². The van der Waals surface area contributed by atoms with Crippen molar-refractivity contribution in [3.63, 3.8) is 0 Å². The number of hydrogen-bond donors (Lipinski definition) is 3. The highest BCUT2D eigenvalue weighted by molar-refractivity contribution is 5.94. The summed E-state index contributed by atoms with van der Waals surface area (Å²) in [6.45, 7) is 0.747. The van der Waals surface area contributed by atoms with Crippen molar-refractivity contribution in [3.8, 4) is 5.75 Å². The highest BCUT2D eigenvalue weighted by Gasteiger charge is 2.30. The number of hydrogen-bond acceptors (Lipinski definition) is 4. The van der Waals surface area contributed by atoms with E-state index in [0.717, 1.165) is 6.92 Å². The molecule has 1 rings (SSSR count). The molecule has 6 heteroatoms. The first kappa shape index (κ1) is 14.0. The van der Waals surface area contributed by atoms with Gasteiger partial charge >= 0.3 is 5.97 Å². The van der Waals surface area contributed by atoms with Gasteiger partial charge < -0.3 is 20.3 Å². The average Bonchev–Trinajstić information content (AvgIpc) is 2.36. The molecule has 0 fully saturated rings. The van der Waals surface area contributed by atoms with Gasteiger partial charge in [-0.05, 0) is 31.2 Å². The molecule has 1 unspecified atom stereocenters. The zero-order chi connectivity index (χ0) is 13.8. The Hall–Kier alpha value is -2.08. The molecule has 18 heavy (non-hydrogen) atoms. The van der Waals surface area contributed by atoms with Crippen LogP contribution in [0.2, 0.25) is 0 Å². The lowest BCUT2D eigenvalue weighted by molar-refractivity contribution is -0.155. The van der Waals surface area contributed by atoms with Crippen LogP contribution in [-0.2, 0) is 4.79 Å². The Balaban J connectivity index is 2.63. The molecular weight excluding hydrogens is 238 g/mol. The SMILES string of the molecule is COc1ccc(C(=O)NCC(C)(O)C(=O)O)cc1. The van der Waals surface area contributed by atoms with E-state index in [1.165, 1.54) is 7.11 Å². The van der Waals surface area contributed by atoms with Crippen molar-refractivity contribution < 1.29 is 24.5 Å². The van der Waals surface area contributed by atoms with Gasteiger partial charge in [0.2, 0.25) is 0 Å². The zero-order valence-corrected chi connectivity index (χ0v) is 10.1. The van der Waals surface area contributed by atoms with Crippen molar-refractivity contribution in [2.45, 2.75) is 12.5 Å². The van der Waals surface area contributed by atoms with Gasteiger partial charge in [0.1, 0.15) is 5.75 Å². The molecule has 0 bridgehead atoms. The third-order valence-corrected chi connectivity index (χ3v) is 2.41. The summed E-state index contributed by atoms with van der Waals surface area (Å²) in [5, 5.41) is 20.5. The zero-order valence-electron chi connectivity index (χ0n) is 10.1. The molecule has 98 valence electrons. The molecule has 1 aromatic carbocycles. The van der Waals surface area contributed by atoms with Crippen molar-refractivity contribution in [3.05, 3.63) is 29.8 Å². The maximum absolute atomic E-state index is 11.7. The lowest BCUT2D eigenvalue weighted by Gasteiger charge is -2.18. The van der Waals surface area contributed by atoms with Crippen molar-refractivity contribution in [1.29, 1.82) is 0 Å². The Morgan fingerprint density at radius 1 is 1.33 bits per heavy atom. The highest BCUT2D eigenvalue weighted by atomic mass is 16.5. The van der Waals surface area contributed by atoms with Crippen molar-refractivity contribution in [2.24, 2.45) is 0 Å². The van der Waals surface area contributed by atoms with Crippen LogP contribution >= 0.6 is 0 Å². The fourth-order valence-corrected chi connectivity index (χ4v) is 1.17. The predicted molar refractivity (Wildman–Crippen MR) is 63.6 cm³/mol. The lowest BCUT2D eigenvalue weighted by atomic mass is 10.1. The number of carbonyl (C=O) groups is 2. The number of rotatable bonds is 5. The van der Waals surface area contributed by atoms with E-state index in [-0.39, 0.29) is 6.54 Å². The number of carbonyl (C=O) groups excluding carboxylic acids is 1. The second kappa shape index (κ2) is 5.50. The van der Waals surface area contributed by atoms with Gasteiger partial charge in [0.25, 0.3) is 5.91 Å². The number of nitrogens with one attached hydrogen (secondary N) is 1. The molecule has 0 aromatic heterocycles. The third-order valence-electron chi connectivity index (χ3n) is 2.41. The second-order valence-electron chi connectivity index (χ2n) is 3.99. The lowest BCUT2D eigenvalue weighted by Crippen LogP contribution is -2.46. The Bertz CT molecular complexity index is 438. The standard InChI is InChI=1S/C12H15NO5/c1-12(17,11(15)16)7-13-10(14)8-3-5-9(18-2)6-4-8/h3-6,17H,7H2,1-2H3,(H,13,14)(H,15,16). The Morgan fingerprint density at radius 3 is 2.33 bits per heavy atom. The number of benzene rings is 1. The fourth-order valence-electron chi connectivity index (χ4n) is 1.17. The summed E-state index contributed by atoms with van der Waals surface area (Å²) in [6.07, 6.45) is 0. The smallest absolute Gasteiger partial charge is 0.337 e. The minimum atomic E-state index is -1.98. The Labute approximate surface area is 104 Å². The van der Waals surface area contributed by atoms with Crippen LogP contribution in [0.25, 0.3) is 0 Å². The van der Waals surface area contributed by atoms with E-state index < -0.39 is 17.5 Å².